The van der Waals surface area contributed by atoms with E-state index in [9.17, 15) is 4.79 Å². The van der Waals surface area contributed by atoms with E-state index in [1.807, 2.05) is 54.7 Å². The number of benzene rings is 2. The molecular formula is C26H27N5OS2. The van der Waals surface area contributed by atoms with Gasteiger partial charge in [0.1, 0.15) is 5.82 Å². The Balaban J connectivity index is 1.14. The van der Waals surface area contributed by atoms with Crippen LogP contribution in [0.1, 0.15) is 21.5 Å². The molecular weight excluding hydrogens is 462 g/mol. The molecule has 0 spiro atoms. The first-order chi connectivity index (χ1) is 16.6. The Labute approximate surface area is 208 Å². The van der Waals surface area contributed by atoms with Gasteiger partial charge in [0.2, 0.25) is 0 Å². The maximum Gasteiger partial charge on any atom is 0.251 e. The number of rotatable bonds is 7. The second-order valence-electron chi connectivity index (χ2n) is 8.43. The van der Waals surface area contributed by atoms with Crippen LogP contribution in [0.4, 0.5) is 5.82 Å². The van der Waals surface area contributed by atoms with Crippen molar-refractivity contribution in [3.05, 3.63) is 83.6 Å². The molecule has 1 N–H and O–H groups in total. The van der Waals surface area contributed by atoms with Gasteiger partial charge in [-0.2, -0.15) is 0 Å². The molecule has 0 aliphatic carbocycles. The number of amides is 1. The minimum atomic E-state index is -0.0664. The van der Waals surface area contributed by atoms with Gasteiger partial charge in [-0.15, -0.1) is 11.3 Å². The van der Waals surface area contributed by atoms with Crippen LogP contribution in [0.5, 0.6) is 0 Å². The van der Waals surface area contributed by atoms with Crippen LogP contribution in [0, 0.1) is 0 Å². The van der Waals surface area contributed by atoms with Crippen molar-refractivity contribution in [2.24, 2.45) is 0 Å². The number of piperazine rings is 1. The molecule has 8 heteroatoms. The molecule has 3 heterocycles. The van der Waals surface area contributed by atoms with Crippen LogP contribution in [0.25, 0.3) is 10.2 Å². The third kappa shape index (κ3) is 5.58. The minimum absolute atomic E-state index is 0.0664. The average molecular weight is 490 g/mol. The summed E-state index contributed by atoms with van der Waals surface area (Å²) in [5, 5.41) is 3.04. The average Bonchev–Trinajstić information content (AvgIpc) is 3.30. The number of carbonyl (C=O) groups excluding carboxylic acids is 1. The normalized spacial score (nSPS) is 14.4. The largest absolute Gasteiger partial charge is 0.354 e. The first-order valence-electron chi connectivity index (χ1n) is 11.4. The molecule has 1 saturated heterocycles. The van der Waals surface area contributed by atoms with Gasteiger partial charge in [0.15, 0.2) is 4.34 Å². The highest BCUT2D eigenvalue weighted by Gasteiger charge is 2.15. The number of anilines is 1. The fourth-order valence-corrected chi connectivity index (χ4v) is 5.90. The van der Waals surface area contributed by atoms with Gasteiger partial charge in [-0.1, -0.05) is 36.0 Å². The molecule has 0 atom stereocenters. The van der Waals surface area contributed by atoms with Gasteiger partial charge in [-0.3, -0.25) is 4.79 Å². The van der Waals surface area contributed by atoms with Crippen molar-refractivity contribution < 1.29 is 4.79 Å². The zero-order valence-electron chi connectivity index (χ0n) is 19.1. The second-order valence-corrected chi connectivity index (χ2v) is 10.7. The number of nitrogens with zero attached hydrogens (tertiary/aromatic N) is 4. The molecule has 0 radical (unpaired) electrons. The van der Waals surface area contributed by atoms with Gasteiger partial charge in [-0.05, 0) is 54.6 Å². The number of pyridine rings is 1. The Kier molecular flexibility index (Phi) is 7.08. The molecule has 1 aliphatic heterocycles. The third-order valence-electron chi connectivity index (χ3n) is 5.94. The van der Waals surface area contributed by atoms with Gasteiger partial charge in [-0.25, -0.2) is 9.97 Å². The van der Waals surface area contributed by atoms with Crippen LogP contribution in [-0.2, 0) is 12.3 Å². The molecule has 5 rings (SSSR count). The predicted molar refractivity (Wildman–Crippen MR) is 141 cm³/mol. The topological polar surface area (TPSA) is 61.4 Å². The molecule has 0 bridgehead atoms. The summed E-state index contributed by atoms with van der Waals surface area (Å²) in [4.78, 5) is 26.5. The summed E-state index contributed by atoms with van der Waals surface area (Å²) in [5.41, 5.74) is 3.95. The van der Waals surface area contributed by atoms with E-state index in [1.54, 1.807) is 23.1 Å². The van der Waals surface area contributed by atoms with E-state index in [-0.39, 0.29) is 5.91 Å². The van der Waals surface area contributed by atoms with Crippen molar-refractivity contribution in [2.75, 3.05) is 38.1 Å². The third-order valence-corrected chi connectivity index (χ3v) is 8.19. The number of fused-ring (bicyclic) bond motifs is 1. The lowest BCUT2D eigenvalue weighted by molar-refractivity contribution is 0.0951. The van der Waals surface area contributed by atoms with Crippen LogP contribution in [0.2, 0.25) is 0 Å². The van der Waals surface area contributed by atoms with E-state index >= 15 is 0 Å². The summed E-state index contributed by atoms with van der Waals surface area (Å²) in [6.45, 7) is 4.51. The SMILES string of the molecule is CN1CCN(c2cc(CNC(=O)c3ccc(CSc4nc5ccccc5s4)cc3)ccn2)CC1. The number of hydrogen-bond acceptors (Lipinski definition) is 7. The molecule has 1 amide bonds. The number of thioether (sulfide) groups is 1. The molecule has 4 aromatic rings. The first kappa shape index (κ1) is 22.8. The summed E-state index contributed by atoms with van der Waals surface area (Å²) in [6, 6.07) is 20.1. The number of hydrogen-bond donors (Lipinski definition) is 1. The van der Waals surface area contributed by atoms with Crippen LogP contribution < -0.4 is 10.2 Å². The highest BCUT2D eigenvalue weighted by Crippen LogP contribution is 2.31. The lowest BCUT2D eigenvalue weighted by atomic mass is 10.1. The maximum absolute atomic E-state index is 12.7. The first-order valence-corrected chi connectivity index (χ1v) is 13.2. The number of likely N-dealkylation sites (N-methyl/N-ethyl adjacent to an activating group) is 1. The van der Waals surface area contributed by atoms with Gasteiger partial charge in [0, 0.05) is 50.2 Å². The van der Waals surface area contributed by atoms with E-state index < -0.39 is 0 Å². The van der Waals surface area contributed by atoms with Crippen LogP contribution in [0.3, 0.4) is 0 Å². The van der Waals surface area contributed by atoms with E-state index in [0.29, 0.717) is 12.1 Å². The highest BCUT2D eigenvalue weighted by atomic mass is 32.2. The second kappa shape index (κ2) is 10.5. The van der Waals surface area contributed by atoms with Crippen molar-refractivity contribution in [2.45, 2.75) is 16.6 Å². The molecule has 34 heavy (non-hydrogen) atoms. The fraction of sp³-hybridized carbons (Fsp3) is 0.269. The fourth-order valence-electron chi connectivity index (χ4n) is 3.87. The van der Waals surface area contributed by atoms with Gasteiger partial charge in [0.25, 0.3) is 5.91 Å². The highest BCUT2D eigenvalue weighted by molar-refractivity contribution is 8.00. The number of para-hydroxylation sites is 1. The Bertz CT molecular complexity index is 1230. The lowest BCUT2D eigenvalue weighted by Crippen LogP contribution is -2.44. The summed E-state index contributed by atoms with van der Waals surface area (Å²) in [7, 11) is 2.14. The van der Waals surface area contributed by atoms with Gasteiger partial charge < -0.3 is 15.1 Å². The zero-order chi connectivity index (χ0) is 23.3. The Morgan fingerprint density at radius 3 is 2.62 bits per heavy atom. The number of thiazole rings is 1. The Morgan fingerprint density at radius 2 is 1.82 bits per heavy atom. The molecule has 1 aliphatic rings. The predicted octanol–water partition coefficient (Wildman–Crippen LogP) is 4.67. The lowest BCUT2D eigenvalue weighted by Gasteiger charge is -2.33. The van der Waals surface area contributed by atoms with Gasteiger partial charge >= 0.3 is 0 Å². The van der Waals surface area contributed by atoms with Gasteiger partial charge in [0.05, 0.1) is 10.2 Å². The monoisotopic (exact) mass is 489 g/mol. The number of nitrogens with one attached hydrogen (secondary N) is 1. The maximum atomic E-state index is 12.7. The molecule has 2 aromatic carbocycles. The molecule has 174 valence electrons. The van der Waals surface area contributed by atoms with E-state index in [0.717, 1.165) is 53.2 Å². The van der Waals surface area contributed by atoms with Crippen LogP contribution >= 0.6 is 23.1 Å². The Hall–Kier alpha value is -2.94. The smallest absolute Gasteiger partial charge is 0.251 e. The summed E-state index contributed by atoms with van der Waals surface area (Å²) in [5.74, 6) is 1.74. The quantitative estimate of drug-likeness (QED) is 0.381. The van der Waals surface area contributed by atoms with E-state index in [4.69, 9.17) is 0 Å². The van der Waals surface area contributed by atoms with E-state index in [1.165, 1.54) is 10.3 Å². The molecule has 2 aromatic heterocycles. The van der Waals surface area contributed by atoms with Crippen molar-refractivity contribution in [3.63, 3.8) is 0 Å². The van der Waals surface area contributed by atoms with Crippen molar-refractivity contribution in [1.82, 2.24) is 20.2 Å². The molecule has 0 unspecified atom stereocenters. The number of carbonyl (C=O) groups is 1. The van der Waals surface area contributed by atoms with Crippen molar-refractivity contribution >= 4 is 45.0 Å². The summed E-state index contributed by atoms with van der Waals surface area (Å²) >= 11 is 3.45. The van der Waals surface area contributed by atoms with Crippen LogP contribution in [-0.4, -0.2) is 54.0 Å². The molecule has 0 saturated carbocycles. The molecule has 1 fully saturated rings. The van der Waals surface area contributed by atoms with Crippen LogP contribution in [0.15, 0.2) is 71.2 Å². The van der Waals surface area contributed by atoms with E-state index in [2.05, 4.69) is 44.3 Å². The Morgan fingerprint density at radius 1 is 1.03 bits per heavy atom. The zero-order valence-corrected chi connectivity index (χ0v) is 20.7. The summed E-state index contributed by atoms with van der Waals surface area (Å²) < 4.78 is 2.28. The van der Waals surface area contributed by atoms with Crippen molar-refractivity contribution in [1.29, 1.82) is 0 Å². The summed E-state index contributed by atoms with van der Waals surface area (Å²) in [6.07, 6.45) is 1.83. The number of aromatic nitrogens is 2. The standard InChI is InChI=1S/C26H27N5OS2/c1-30-12-14-31(15-13-30)24-16-20(10-11-27-24)17-28-25(32)21-8-6-19(7-9-21)18-33-26-29-22-4-2-3-5-23(22)34-26/h2-11,16H,12-15,17-18H2,1H3,(H,28,32). The van der Waals surface area contributed by atoms with Crippen molar-refractivity contribution in [3.8, 4) is 0 Å². The molecule has 6 nitrogen and oxygen atoms in total. The minimum Gasteiger partial charge on any atom is -0.354 e.